The number of aromatic nitrogens is 2. The summed E-state index contributed by atoms with van der Waals surface area (Å²) in [6.45, 7) is 4.00. The van der Waals surface area contributed by atoms with E-state index in [0.29, 0.717) is 28.3 Å². The van der Waals surface area contributed by atoms with Gasteiger partial charge >= 0.3 is 0 Å². The number of nitrogens with two attached hydrogens (primary N) is 1. The molecule has 0 aliphatic rings. The molecule has 0 saturated heterocycles. The summed E-state index contributed by atoms with van der Waals surface area (Å²) in [5.74, 6) is 7.84. The number of nitrogen functional groups attached to an aromatic ring is 1. The largest absolute Gasteiger partial charge is 0.439 e. The standard InChI is InChI=1S/C13H15ClN4O/c1-8(2)13-16-11(18-15)7-12(17-13)19-10-5-3-9(14)4-6-10/h3-8H,15H2,1-2H3,(H,16,17,18). The molecule has 5 nitrogen and oxygen atoms in total. The van der Waals surface area contributed by atoms with Crippen molar-refractivity contribution in [3.8, 4) is 11.6 Å². The summed E-state index contributed by atoms with van der Waals surface area (Å²) < 4.78 is 5.66. The lowest BCUT2D eigenvalue weighted by Gasteiger charge is -2.10. The van der Waals surface area contributed by atoms with Gasteiger partial charge in [-0.25, -0.2) is 10.8 Å². The fourth-order valence-corrected chi connectivity index (χ4v) is 1.58. The lowest BCUT2D eigenvalue weighted by atomic mass is 10.2. The van der Waals surface area contributed by atoms with Crippen LogP contribution in [0, 0.1) is 0 Å². The molecule has 1 aromatic carbocycles. The van der Waals surface area contributed by atoms with Crippen molar-refractivity contribution in [3.63, 3.8) is 0 Å². The Bertz CT molecular complexity index is 557. The fourth-order valence-electron chi connectivity index (χ4n) is 1.45. The first kappa shape index (κ1) is 13.6. The van der Waals surface area contributed by atoms with Crippen LogP contribution in [0.5, 0.6) is 11.6 Å². The molecule has 6 heteroatoms. The molecule has 0 unspecified atom stereocenters. The minimum Gasteiger partial charge on any atom is -0.439 e. The van der Waals surface area contributed by atoms with E-state index in [1.54, 1.807) is 30.3 Å². The van der Waals surface area contributed by atoms with Crippen molar-refractivity contribution in [1.82, 2.24) is 9.97 Å². The van der Waals surface area contributed by atoms with Crippen LogP contribution in [0.4, 0.5) is 5.82 Å². The third-order valence-corrected chi connectivity index (χ3v) is 2.67. The molecular weight excluding hydrogens is 264 g/mol. The average Bonchev–Trinajstić information content (AvgIpc) is 2.41. The topological polar surface area (TPSA) is 73.1 Å². The summed E-state index contributed by atoms with van der Waals surface area (Å²) in [5.41, 5.74) is 2.51. The van der Waals surface area contributed by atoms with Crippen molar-refractivity contribution in [2.75, 3.05) is 5.43 Å². The maximum absolute atomic E-state index is 5.82. The van der Waals surface area contributed by atoms with Crippen LogP contribution in [0.25, 0.3) is 0 Å². The van der Waals surface area contributed by atoms with Crippen LogP contribution in [0.2, 0.25) is 5.02 Å². The maximum Gasteiger partial charge on any atom is 0.224 e. The zero-order valence-electron chi connectivity index (χ0n) is 10.7. The Morgan fingerprint density at radius 2 is 1.89 bits per heavy atom. The Balaban J connectivity index is 2.28. The van der Waals surface area contributed by atoms with Crippen molar-refractivity contribution < 1.29 is 4.74 Å². The van der Waals surface area contributed by atoms with Gasteiger partial charge in [0.15, 0.2) is 0 Å². The third-order valence-electron chi connectivity index (χ3n) is 2.42. The number of ether oxygens (including phenoxy) is 1. The summed E-state index contributed by atoms with van der Waals surface area (Å²) in [6.07, 6.45) is 0. The van der Waals surface area contributed by atoms with E-state index in [4.69, 9.17) is 22.2 Å². The molecule has 1 aromatic heterocycles. The van der Waals surface area contributed by atoms with Crippen molar-refractivity contribution in [1.29, 1.82) is 0 Å². The first-order chi connectivity index (χ1) is 9.08. The summed E-state index contributed by atoms with van der Waals surface area (Å²) in [6, 6.07) is 8.69. The zero-order chi connectivity index (χ0) is 13.8. The van der Waals surface area contributed by atoms with E-state index in [9.17, 15) is 0 Å². The van der Waals surface area contributed by atoms with E-state index < -0.39 is 0 Å². The van der Waals surface area contributed by atoms with Crippen molar-refractivity contribution in [2.45, 2.75) is 19.8 Å². The van der Waals surface area contributed by atoms with Gasteiger partial charge in [-0.1, -0.05) is 25.4 Å². The molecule has 0 atom stereocenters. The second kappa shape index (κ2) is 5.86. The van der Waals surface area contributed by atoms with Gasteiger partial charge in [-0.2, -0.15) is 4.98 Å². The zero-order valence-corrected chi connectivity index (χ0v) is 11.5. The highest BCUT2D eigenvalue weighted by molar-refractivity contribution is 6.30. The van der Waals surface area contributed by atoms with Gasteiger partial charge in [0, 0.05) is 17.0 Å². The van der Waals surface area contributed by atoms with Crippen molar-refractivity contribution in [3.05, 3.63) is 41.2 Å². The number of benzene rings is 1. The quantitative estimate of drug-likeness (QED) is 0.663. The number of hydrazine groups is 1. The van der Waals surface area contributed by atoms with Gasteiger partial charge in [0.05, 0.1) is 0 Å². The van der Waals surface area contributed by atoms with Gasteiger partial charge < -0.3 is 10.2 Å². The molecular formula is C13H15ClN4O. The second-order valence-corrected chi connectivity index (χ2v) is 4.74. The van der Waals surface area contributed by atoms with Crippen molar-refractivity contribution >= 4 is 17.4 Å². The Labute approximate surface area is 116 Å². The first-order valence-corrected chi connectivity index (χ1v) is 6.25. The highest BCUT2D eigenvalue weighted by Crippen LogP contribution is 2.24. The molecule has 2 rings (SSSR count). The van der Waals surface area contributed by atoms with Gasteiger partial charge in [-0.3, -0.25) is 0 Å². The molecule has 0 saturated carbocycles. The highest BCUT2D eigenvalue weighted by atomic mass is 35.5. The molecule has 0 spiro atoms. The predicted octanol–water partition coefficient (Wildman–Crippen LogP) is 3.33. The number of hydrogen-bond acceptors (Lipinski definition) is 5. The molecule has 0 fully saturated rings. The van der Waals surface area contributed by atoms with Crippen LogP contribution < -0.4 is 16.0 Å². The molecule has 0 amide bonds. The van der Waals surface area contributed by atoms with E-state index in [1.165, 1.54) is 0 Å². The number of rotatable bonds is 4. The molecule has 19 heavy (non-hydrogen) atoms. The molecule has 0 aliphatic heterocycles. The summed E-state index contributed by atoms with van der Waals surface area (Å²) in [4.78, 5) is 8.60. The lowest BCUT2D eigenvalue weighted by molar-refractivity contribution is 0.457. The van der Waals surface area contributed by atoms with Gasteiger partial charge in [-0.15, -0.1) is 0 Å². The van der Waals surface area contributed by atoms with Crippen LogP contribution >= 0.6 is 11.6 Å². The lowest BCUT2D eigenvalue weighted by Crippen LogP contribution is -2.11. The fraction of sp³-hybridized carbons (Fsp3) is 0.231. The van der Waals surface area contributed by atoms with Crippen LogP contribution in [0.3, 0.4) is 0 Å². The van der Waals surface area contributed by atoms with Crippen LogP contribution in [-0.2, 0) is 0 Å². The Kier molecular flexibility index (Phi) is 4.19. The molecule has 1 heterocycles. The SMILES string of the molecule is CC(C)c1nc(NN)cc(Oc2ccc(Cl)cc2)n1. The van der Waals surface area contributed by atoms with Gasteiger partial charge in [0.2, 0.25) is 5.88 Å². The summed E-state index contributed by atoms with van der Waals surface area (Å²) >= 11 is 5.82. The maximum atomic E-state index is 5.82. The Morgan fingerprint density at radius 1 is 1.21 bits per heavy atom. The number of anilines is 1. The van der Waals surface area contributed by atoms with Crippen LogP contribution in [-0.4, -0.2) is 9.97 Å². The predicted molar refractivity (Wildman–Crippen MR) is 75.5 cm³/mol. The van der Waals surface area contributed by atoms with E-state index in [2.05, 4.69) is 15.4 Å². The summed E-state index contributed by atoms with van der Waals surface area (Å²) in [5, 5.41) is 0.655. The third kappa shape index (κ3) is 3.56. The number of nitrogens with zero attached hydrogens (tertiary/aromatic N) is 2. The molecule has 100 valence electrons. The molecule has 2 aromatic rings. The summed E-state index contributed by atoms with van der Waals surface area (Å²) in [7, 11) is 0. The van der Waals surface area contributed by atoms with Gasteiger partial charge in [0.25, 0.3) is 0 Å². The Morgan fingerprint density at radius 3 is 2.47 bits per heavy atom. The minimum atomic E-state index is 0.181. The number of halogens is 1. The second-order valence-electron chi connectivity index (χ2n) is 4.30. The normalized spacial score (nSPS) is 10.6. The van der Waals surface area contributed by atoms with Crippen molar-refractivity contribution in [2.24, 2.45) is 5.84 Å². The smallest absolute Gasteiger partial charge is 0.224 e. The molecule has 3 N–H and O–H groups in total. The molecule has 0 radical (unpaired) electrons. The Hall–Kier alpha value is -1.85. The molecule has 0 aliphatic carbocycles. The van der Waals surface area contributed by atoms with Gasteiger partial charge in [0.1, 0.15) is 17.4 Å². The number of hydrogen-bond donors (Lipinski definition) is 2. The monoisotopic (exact) mass is 278 g/mol. The van der Waals surface area contributed by atoms with E-state index >= 15 is 0 Å². The van der Waals surface area contributed by atoms with E-state index in [0.717, 1.165) is 0 Å². The van der Waals surface area contributed by atoms with Gasteiger partial charge in [-0.05, 0) is 24.3 Å². The average molecular weight is 279 g/mol. The van der Waals surface area contributed by atoms with Crippen LogP contribution in [0.15, 0.2) is 30.3 Å². The molecule has 0 bridgehead atoms. The van der Waals surface area contributed by atoms with Crippen LogP contribution in [0.1, 0.15) is 25.6 Å². The number of nitrogens with one attached hydrogen (secondary N) is 1. The van der Waals surface area contributed by atoms with E-state index in [1.807, 2.05) is 13.8 Å². The first-order valence-electron chi connectivity index (χ1n) is 5.87. The van der Waals surface area contributed by atoms with E-state index in [-0.39, 0.29) is 5.92 Å². The minimum absolute atomic E-state index is 0.181. The highest BCUT2D eigenvalue weighted by Gasteiger charge is 2.09.